The van der Waals surface area contributed by atoms with Gasteiger partial charge in [0.2, 0.25) is 0 Å². The molecule has 34 heavy (non-hydrogen) atoms. The van der Waals surface area contributed by atoms with E-state index in [1.54, 1.807) is 16.8 Å². The third-order valence-electron chi connectivity index (χ3n) is 4.75. The van der Waals surface area contributed by atoms with Gasteiger partial charge in [0, 0.05) is 43.2 Å². The van der Waals surface area contributed by atoms with Gasteiger partial charge in [0.25, 0.3) is 0 Å². The summed E-state index contributed by atoms with van der Waals surface area (Å²) in [5.74, 6) is 0.239. The first kappa shape index (κ1) is 30.7. The van der Waals surface area contributed by atoms with Crippen LogP contribution in [0, 0.1) is 0 Å². The summed E-state index contributed by atoms with van der Waals surface area (Å²) in [6.07, 6.45) is 3.14. The third kappa shape index (κ3) is 12.0. The minimum absolute atomic E-state index is 0. The Morgan fingerprint density at radius 1 is 1.26 bits per heavy atom. The van der Waals surface area contributed by atoms with Crippen molar-refractivity contribution in [1.82, 2.24) is 30.5 Å². The number of nitrogens with one attached hydrogen (secondary N) is 2. The standard InChI is InChI=1S/C20H31N9O3.2CH4/c1-28(2)18(13-16-3-5-19(30)6-4-16)14-23-20(31)22-8-7-17-15-29(27-25-17)10-12-32-11-9-24-26-21;;/h3-6,15,18,30H,7-14H2,1-2H3,(H2,22,23,31);2*1H4/t18-;;/m0../s1. The smallest absolute Gasteiger partial charge is 0.314 e. The number of phenols is 1. The Morgan fingerprint density at radius 2 is 2.00 bits per heavy atom. The molecule has 2 rings (SSSR count). The minimum atomic E-state index is -0.233. The average molecular weight is 478 g/mol. The normalized spacial score (nSPS) is 11.0. The molecule has 1 heterocycles. The zero-order valence-electron chi connectivity index (χ0n) is 18.5. The molecule has 1 aromatic heterocycles. The van der Waals surface area contributed by atoms with Crippen LogP contribution in [0.5, 0.6) is 5.75 Å². The number of aromatic hydroxyl groups is 1. The van der Waals surface area contributed by atoms with E-state index in [0.29, 0.717) is 45.8 Å². The molecule has 12 nitrogen and oxygen atoms in total. The molecular formula is C22H39N9O3. The van der Waals surface area contributed by atoms with Crippen LogP contribution in [0.4, 0.5) is 4.79 Å². The number of likely N-dealkylation sites (N-methyl/N-ethyl adjacent to an activating group) is 1. The number of benzene rings is 1. The molecule has 0 unspecified atom stereocenters. The van der Waals surface area contributed by atoms with E-state index in [2.05, 4.69) is 35.9 Å². The van der Waals surface area contributed by atoms with E-state index >= 15 is 0 Å². The highest BCUT2D eigenvalue weighted by Gasteiger charge is 2.14. The first-order valence-corrected chi connectivity index (χ1v) is 10.4. The highest BCUT2D eigenvalue weighted by Crippen LogP contribution is 2.12. The fraction of sp³-hybridized carbons (Fsp3) is 0.591. The lowest BCUT2D eigenvalue weighted by molar-refractivity contribution is 0.130. The number of hydrogen-bond acceptors (Lipinski definition) is 7. The summed E-state index contributed by atoms with van der Waals surface area (Å²) >= 11 is 0. The number of azide groups is 1. The fourth-order valence-corrected chi connectivity index (χ4v) is 2.89. The van der Waals surface area contributed by atoms with Crippen LogP contribution in [-0.4, -0.2) is 84.0 Å². The van der Waals surface area contributed by atoms with E-state index in [1.807, 2.05) is 32.4 Å². The van der Waals surface area contributed by atoms with Crippen LogP contribution in [0.25, 0.3) is 10.4 Å². The zero-order valence-corrected chi connectivity index (χ0v) is 18.5. The number of phenolic OH excluding ortho intramolecular Hbond substituents is 1. The quantitative estimate of drug-likeness (QED) is 0.164. The molecule has 0 aliphatic carbocycles. The Labute approximate surface area is 201 Å². The summed E-state index contributed by atoms with van der Waals surface area (Å²) in [4.78, 5) is 16.9. The molecule has 0 saturated heterocycles. The zero-order chi connectivity index (χ0) is 23.2. The molecule has 190 valence electrons. The summed E-state index contributed by atoms with van der Waals surface area (Å²) < 4.78 is 7.01. The van der Waals surface area contributed by atoms with Gasteiger partial charge in [-0.15, -0.1) is 5.10 Å². The van der Waals surface area contributed by atoms with Crippen LogP contribution >= 0.6 is 0 Å². The lowest BCUT2D eigenvalue weighted by atomic mass is 10.1. The van der Waals surface area contributed by atoms with Gasteiger partial charge in [0.1, 0.15) is 5.75 Å². The van der Waals surface area contributed by atoms with Gasteiger partial charge in [0.15, 0.2) is 0 Å². The third-order valence-corrected chi connectivity index (χ3v) is 4.75. The topological polar surface area (TPSA) is 153 Å². The molecule has 12 heteroatoms. The van der Waals surface area contributed by atoms with Gasteiger partial charge in [-0.3, -0.25) is 0 Å². The van der Waals surface area contributed by atoms with E-state index in [9.17, 15) is 9.90 Å². The molecule has 0 aliphatic rings. The lowest BCUT2D eigenvalue weighted by Gasteiger charge is -2.25. The number of amides is 2. The van der Waals surface area contributed by atoms with Gasteiger partial charge < -0.3 is 25.4 Å². The molecule has 3 N–H and O–H groups in total. The van der Waals surface area contributed by atoms with Crippen LogP contribution in [0.1, 0.15) is 26.1 Å². The maximum absolute atomic E-state index is 12.2. The Kier molecular flexibility index (Phi) is 15.5. The molecule has 2 aromatic rings. The van der Waals surface area contributed by atoms with Gasteiger partial charge in [0.05, 0.1) is 25.5 Å². The van der Waals surface area contributed by atoms with Crippen molar-refractivity contribution >= 4 is 6.03 Å². The molecule has 0 spiro atoms. The number of hydrogen-bond donors (Lipinski definition) is 3. The Morgan fingerprint density at radius 3 is 2.68 bits per heavy atom. The van der Waals surface area contributed by atoms with Crippen molar-refractivity contribution in [2.24, 2.45) is 5.11 Å². The monoisotopic (exact) mass is 477 g/mol. The predicted molar refractivity (Wildman–Crippen MR) is 133 cm³/mol. The highest BCUT2D eigenvalue weighted by atomic mass is 16.5. The van der Waals surface area contributed by atoms with Crippen molar-refractivity contribution in [2.45, 2.75) is 40.3 Å². The Balaban J connectivity index is 0.00000544. The molecule has 0 bridgehead atoms. The van der Waals surface area contributed by atoms with Crippen LogP contribution in [0.2, 0.25) is 0 Å². The Hall–Kier alpha value is -3.34. The van der Waals surface area contributed by atoms with Gasteiger partial charge in [-0.05, 0) is 43.7 Å². The second-order valence-electron chi connectivity index (χ2n) is 7.41. The number of aromatic nitrogens is 3. The molecular weight excluding hydrogens is 438 g/mol. The number of urea groups is 1. The van der Waals surface area contributed by atoms with Crippen molar-refractivity contribution in [3.63, 3.8) is 0 Å². The van der Waals surface area contributed by atoms with E-state index in [-0.39, 0.29) is 32.7 Å². The summed E-state index contributed by atoms with van der Waals surface area (Å²) in [7, 11) is 3.94. The lowest BCUT2D eigenvalue weighted by Crippen LogP contribution is -2.45. The van der Waals surface area contributed by atoms with Crippen molar-refractivity contribution < 1.29 is 14.6 Å². The highest BCUT2D eigenvalue weighted by molar-refractivity contribution is 5.73. The van der Waals surface area contributed by atoms with Crippen LogP contribution < -0.4 is 10.6 Å². The fourth-order valence-electron chi connectivity index (χ4n) is 2.89. The average Bonchev–Trinajstić information content (AvgIpc) is 3.22. The molecule has 1 atom stereocenters. The van der Waals surface area contributed by atoms with Crippen LogP contribution in [0.3, 0.4) is 0 Å². The predicted octanol–water partition coefficient (Wildman–Crippen LogP) is 2.60. The van der Waals surface area contributed by atoms with E-state index in [1.165, 1.54) is 0 Å². The number of ether oxygens (including phenoxy) is 1. The van der Waals surface area contributed by atoms with Gasteiger partial charge >= 0.3 is 6.03 Å². The van der Waals surface area contributed by atoms with Crippen LogP contribution in [0.15, 0.2) is 35.6 Å². The van der Waals surface area contributed by atoms with Crippen LogP contribution in [-0.2, 0) is 24.1 Å². The van der Waals surface area contributed by atoms with Crippen molar-refractivity contribution in [1.29, 1.82) is 0 Å². The van der Waals surface area contributed by atoms with E-state index < -0.39 is 0 Å². The summed E-state index contributed by atoms with van der Waals surface area (Å²) in [6.45, 7) is 2.60. The summed E-state index contributed by atoms with van der Waals surface area (Å²) in [6, 6.07) is 6.99. The Bertz CT molecular complexity index is 865. The van der Waals surface area contributed by atoms with E-state index in [4.69, 9.17) is 10.3 Å². The molecule has 2 amide bonds. The maximum Gasteiger partial charge on any atom is 0.314 e. The SMILES string of the molecule is C.C.CN(C)[C@H](CNC(=O)NCCc1cn(CCOCCN=[N+]=[N-])nn1)Cc1ccc(O)cc1. The number of carbonyl (C=O) groups excluding carboxylic acids is 1. The van der Waals surface area contributed by atoms with Crippen molar-refractivity contribution in [3.8, 4) is 5.75 Å². The van der Waals surface area contributed by atoms with Gasteiger partial charge in [-0.2, -0.15) is 0 Å². The minimum Gasteiger partial charge on any atom is -0.508 e. The molecule has 0 aliphatic heterocycles. The first-order chi connectivity index (χ1) is 15.5. The summed E-state index contributed by atoms with van der Waals surface area (Å²) in [5.41, 5.74) is 10.1. The first-order valence-electron chi connectivity index (χ1n) is 10.4. The molecule has 0 saturated carbocycles. The second kappa shape index (κ2) is 17.2. The van der Waals surface area contributed by atoms with E-state index in [0.717, 1.165) is 17.7 Å². The number of nitrogens with zero attached hydrogens (tertiary/aromatic N) is 7. The molecule has 0 radical (unpaired) electrons. The van der Waals surface area contributed by atoms with Crippen molar-refractivity contribution in [3.05, 3.63) is 52.2 Å². The number of carbonyl (C=O) groups is 1. The maximum atomic E-state index is 12.2. The second-order valence-corrected chi connectivity index (χ2v) is 7.41. The number of rotatable bonds is 14. The largest absolute Gasteiger partial charge is 0.508 e. The van der Waals surface area contributed by atoms with Gasteiger partial charge in [-0.1, -0.05) is 37.3 Å². The van der Waals surface area contributed by atoms with Gasteiger partial charge in [-0.25, -0.2) is 9.48 Å². The summed E-state index contributed by atoms with van der Waals surface area (Å²) in [5, 5.41) is 26.7. The molecule has 1 aromatic carbocycles. The van der Waals surface area contributed by atoms with Crippen molar-refractivity contribution in [2.75, 3.05) is 46.9 Å². The molecule has 0 fully saturated rings.